The minimum absolute atomic E-state index is 0.143. The third-order valence-electron chi connectivity index (χ3n) is 2.40. The van der Waals surface area contributed by atoms with Crippen molar-refractivity contribution in [1.29, 1.82) is 0 Å². The van der Waals surface area contributed by atoms with E-state index in [4.69, 9.17) is 11.5 Å². The van der Waals surface area contributed by atoms with Gasteiger partial charge < -0.3 is 16.8 Å². The van der Waals surface area contributed by atoms with E-state index >= 15 is 0 Å². The van der Waals surface area contributed by atoms with Crippen LogP contribution < -0.4 is 16.8 Å². The zero-order valence-electron chi connectivity index (χ0n) is 10.2. The summed E-state index contributed by atoms with van der Waals surface area (Å²) in [6.07, 6.45) is 1.83. The van der Waals surface area contributed by atoms with Gasteiger partial charge in [0.15, 0.2) is 0 Å². The predicted molar refractivity (Wildman–Crippen MR) is 71.9 cm³/mol. The molecule has 1 rings (SSSR count). The molecule has 1 aromatic rings. The predicted octanol–water partition coefficient (Wildman–Crippen LogP) is 0.227. The number of rotatable bonds is 6. The Bertz CT molecular complexity index is 437. The second kappa shape index (κ2) is 7.03. The minimum Gasteiger partial charge on any atom is -0.370 e. The maximum atomic E-state index is 11.6. The number of hydrogen-bond acceptors (Lipinski definition) is 4. The van der Waals surface area contributed by atoms with Crippen molar-refractivity contribution >= 4 is 23.6 Å². The fraction of sp³-hybridized carbons (Fsp3) is 0.333. The Morgan fingerprint density at radius 1 is 1.39 bits per heavy atom. The molecule has 0 heterocycles. The summed E-state index contributed by atoms with van der Waals surface area (Å²) in [6, 6.07) is 6.88. The quantitative estimate of drug-likeness (QED) is 0.642. The topological polar surface area (TPSA) is 98.2 Å². The molecule has 5 N–H and O–H groups in total. The van der Waals surface area contributed by atoms with Crippen molar-refractivity contribution in [2.45, 2.75) is 23.9 Å². The van der Waals surface area contributed by atoms with Crippen LogP contribution in [0.4, 0.5) is 0 Å². The average molecular weight is 267 g/mol. The van der Waals surface area contributed by atoms with Gasteiger partial charge >= 0.3 is 0 Å². The summed E-state index contributed by atoms with van der Waals surface area (Å²) in [4.78, 5) is 23.3. The lowest BCUT2D eigenvalue weighted by molar-refractivity contribution is -0.126. The summed E-state index contributed by atoms with van der Waals surface area (Å²) < 4.78 is 0. The van der Waals surface area contributed by atoms with Crippen molar-refractivity contribution in [2.75, 3.05) is 6.26 Å². The Morgan fingerprint density at radius 2 is 2.06 bits per heavy atom. The summed E-state index contributed by atoms with van der Waals surface area (Å²) in [6.45, 7) is 0.391. The molecule has 98 valence electrons. The normalized spacial score (nSPS) is 11.9. The van der Waals surface area contributed by atoms with Gasteiger partial charge in [-0.2, -0.15) is 0 Å². The fourth-order valence-corrected chi connectivity index (χ4v) is 2.09. The molecule has 5 nitrogen and oxygen atoms in total. The van der Waals surface area contributed by atoms with E-state index in [1.807, 2.05) is 30.5 Å². The molecule has 0 aliphatic rings. The van der Waals surface area contributed by atoms with Crippen LogP contribution in [-0.4, -0.2) is 24.1 Å². The number of nitrogens with one attached hydrogen (secondary N) is 1. The van der Waals surface area contributed by atoms with Crippen molar-refractivity contribution in [1.82, 2.24) is 5.32 Å². The third kappa shape index (κ3) is 4.38. The molecule has 0 unspecified atom stereocenters. The van der Waals surface area contributed by atoms with E-state index in [2.05, 4.69) is 5.32 Å². The van der Waals surface area contributed by atoms with E-state index in [1.165, 1.54) is 0 Å². The van der Waals surface area contributed by atoms with Crippen LogP contribution in [0.15, 0.2) is 29.2 Å². The molecule has 0 saturated carbocycles. The van der Waals surface area contributed by atoms with Gasteiger partial charge in [-0.25, -0.2) is 0 Å². The number of nitrogens with two attached hydrogens (primary N) is 2. The molecule has 0 aliphatic heterocycles. The van der Waals surface area contributed by atoms with Crippen molar-refractivity contribution in [3.05, 3.63) is 29.8 Å². The first-order valence-corrected chi connectivity index (χ1v) is 6.70. The van der Waals surface area contributed by atoms with Gasteiger partial charge in [0.1, 0.15) is 0 Å². The SMILES string of the molecule is CSc1ccccc1CNC(=O)[C@@H](N)CC(N)=O. The Balaban J connectivity index is 2.54. The maximum absolute atomic E-state index is 11.6. The van der Waals surface area contributed by atoms with Crippen molar-refractivity contribution in [3.8, 4) is 0 Å². The van der Waals surface area contributed by atoms with E-state index in [0.717, 1.165) is 10.5 Å². The molecule has 0 fully saturated rings. The summed E-state index contributed by atoms with van der Waals surface area (Å²) in [5.74, 6) is -0.952. The zero-order chi connectivity index (χ0) is 13.5. The van der Waals surface area contributed by atoms with Crippen LogP contribution in [0.1, 0.15) is 12.0 Å². The monoisotopic (exact) mass is 267 g/mol. The largest absolute Gasteiger partial charge is 0.370 e. The van der Waals surface area contributed by atoms with Gasteiger partial charge in [0, 0.05) is 11.4 Å². The molecule has 18 heavy (non-hydrogen) atoms. The van der Waals surface area contributed by atoms with E-state index in [0.29, 0.717) is 6.54 Å². The highest BCUT2D eigenvalue weighted by Crippen LogP contribution is 2.19. The molecule has 0 spiro atoms. The first-order chi connectivity index (χ1) is 8.54. The molecule has 0 bridgehead atoms. The molecule has 0 radical (unpaired) electrons. The molecule has 0 saturated heterocycles. The number of primary amides is 1. The lowest BCUT2D eigenvalue weighted by atomic mass is 10.2. The van der Waals surface area contributed by atoms with Gasteiger partial charge in [-0.15, -0.1) is 11.8 Å². The van der Waals surface area contributed by atoms with E-state index in [9.17, 15) is 9.59 Å². The highest BCUT2D eigenvalue weighted by molar-refractivity contribution is 7.98. The van der Waals surface area contributed by atoms with Crippen LogP contribution in [0.5, 0.6) is 0 Å². The number of amides is 2. The highest BCUT2D eigenvalue weighted by atomic mass is 32.2. The molecule has 0 aromatic heterocycles. The van der Waals surface area contributed by atoms with E-state index < -0.39 is 11.9 Å². The minimum atomic E-state index is -0.885. The standard InChI is InChI=1S/C12H17N3O2S/c1-18-10-5-3-2-4-8(10)7-15-12(17)9(13)6-11(14)16/h2-5,9H,6-7,13H2,1H3,(H2,14,16)(H,15,17)/t9-/m0/s1. The molecule has 2 amide bonds. The van der Waals surface area contributed by atoms with Crippen LogP contribution in [0.3, 0.4) is 0 Å². The first-order valence-electron chi connectivity index (χ1n) is 5.48. The Labute approximate surface area is 110 Å². The molecule has 1 atom stereocenters. The summed E-state index contributed by atoms with van der Waals surface area (Å²) in [5, 5.41) is 2.69. The van der Waals surface area contributed by atoms with Crippen molar-refractivity contribution in [3.63, 3.8) is 0 Å². The fourth-order valence-electron chi connectivity index (χ4n) is 1.47. The first kappa shape index (κ1) is 14.5. The average Bonchev–Trinajstić information content (AvgIpc) is 2.35. The van der Waals surface area contributed by atoms with Crippen LogP contribution in [0.2, 0.25) is 0 Å². The number of thioether (sulfide) groups is 1. The number of hydrogen-bond donors (Lipinski definition) is 3. The Hall–Kier alpha value is -1.53. The molecule has 1 aromatic carbocycles. The number of benzene rings is 1. The Morgan fingerprint density at radius 3 is 2.67 bits per heavy atom. The van der Waals surface area contributed by atoms with Crippen molar-refractivity contribution < 1.29 is 9.59 Å². The Kier molecular flexibility index (Phi) is 5.67. The van der Waals surface area contributed by atoms with Crippen LogP contribution in [0.25, 0.3) is 0 Å². The second-order valence-electron chi connectivity index (χ2n) is 3.81. The third-order valence-corrected chi connectivity index (χ3v) is 3.24. The lowest BCUT2D eigenvalue weighted by Gasteiger charge is -2.12. The summed E-state index contributed by atoms with van der Waals surface area (Å²) >= 11 is 1.61. The van der Waals surface area contributed by atoms with Crippen molar-refractivity contribution in [2.24, 2.45) is 11.5 Å². The van der Waals surface area contributed by atoms with Crippen LogP contribution >= 0.6 is 11.8 Å². The van der Waals surface area contributed by atoms with Gasteiger partial charge in [0.05, 0.1) is 12.5 Å². The number of carbonyl (C=O) groups is 2. The zero-order valence-corrected chi connectivity index (χ0v) is 11.0. The smallest absolute Gasteiger partial charge is 0.237 e. The maximum Gasteiger partial charge on any atom is 0.237 e. The molecule has 6 heteroatoms. The molecule has 0 aliphatic carbocycles. The van der Waals surface area contributed by atoms with Crippen LogP contribution in [0, 0.1) is 0 Å². The lowest BCUT2D eigenvalue weighted by Crippen LogP contribution is -2.42. The summed E-state index contributed by atoms with van der Waals surface area (Å²) in [7, 11) is 0. The number of carbonyl (C=O) groups excluding carboxylic acids is 2. The van der Waals surface area contributed by atoms with Gasteiger partial charge in [0.2, 0.25) is 11.8 Å². The van der Waals surface area contributed by atoms with Crippen LogP contribution in [-0.2, 0) is 16.1 Å². The summed E-state index contributed by atoms with van der Waals surface area (Å²) in [5.41, 5.74) is 11.5. The highest BCUT2D eigenvalue weighted by Gasteiger charge is 2.15. The van der Waals surface area contributed by atoms with E-state index in [-0.39, 0.29) is 12.3 Å². The van der Waals surface area contributed by atoms with E-state index in [1.54, 1.807) is 11.8 Å². The molecular formula is C12H17N3O2S. The molecular weight excluding hydrogens is 250 g/mol. The van der Waals surface area contributed by atoms with Gasteiger partial charge in [0.25, 0.3) is 0 Å². The van der Waals surface area contributed by atoms with Gasteiger partial charge in [-0.05, 0) is 17.9 Å². The second-order valence-corrected chi connectivity index (χ2v) is 4.65. The van der Waals surface area contributed by atoms with Gasteiger partial charge in [-0.1, -0.05) is 18.2 Å². The van der Waals surface area contributed by atoms with Gasteiger partial charge in [-0.3, -0.25) is 9.59 Å².